The van der Waals surface area contributed by atoms with Crippen molar-refractivity contribution in [2.45, 2.75) is 33.1 Å². The molecular weight excluding hydrogens is 306 g/mol. The highest BCUT2D eigenvalue weighted by Gasteiger charge is 2.17. The minimum atomic E-state index is -0.179. The molecule has 2 N–H and O–H groups in total. The van der Waals surface area contributed by atoms with Crippen molar-refractivity contribution < 1.29 is 0 Å². The Hall–Kier alpha value is -3.03. The van der Waals surface area contributed by atoms with Crippen molar-refractivity contribution in [3.05, 3.63) is 40.5 Å². The van der Waals surface area contributed by atoms with E-state index in [2.05, 4.69) is 36.8 Å². The molecule has 0 aromatic carbocycles. The molecule has 4 aromatic rings. The van der Waals surface area contributed by atoms with E-state index in [9.17, 15) is 4.79 Å². The lowest BCUT2D eigenvalue weighted by atomic mass is 10.2. The zero-order valence-electron chi connectivity index (χ0n) is 13.5. The van der Waals surface area contributed by atoms with Crippen LogP contribution in [0.25, 0.3) is 28.3 Å². The summed E-state index contributed by atoms with van der Waals surface area (Å²) in [7, 11) is 0. The van der Waals surface area contributed by atoms with Gasteiger partial charge in [-0.05, 0) is 6.42 Å². The Morgan fingerprint density at radius 1 is 1.21 bits per heavy atom. The Labute approximate surface area is 137 Å². The minimum absolute atomic E-state index is 0.179. The van der Waals surface area contributed by atoms with Crippen LogP contribution in [0, 0.1) is 0 Å². The molecule has 0 radical (unpaired) electrons. The topological polar surface area (TPSA) is 105 Å². The van der Waals surface area contributed by atoms with Gasteiger partial charge in [-0.25, -0.2) is 19.9 Å². The summed E-state index contributed by atoms with van der Waals surface area (Å²) in [6.07, 6.45) is 7.35. The molecule has 0 bridgehead atoms. The van der Waals surface area contributed by atoms with Gasteiger partial charge in [0.1, 0.15) is 16.9 Å². The molecule has 0 aliphatic rings. The lowest BCUT2D eigenvalue weighted by Gasteiger charge is -2.09. The van der Waals surface area contributed by atoms with Gasteiger partial charge >= 0.3 is 0 Å². The van der Waals surface area contributed by atoms with E-state index in [1.807, 2.05) is 11.3 Å². The number of aromatic amines is 2. The summed E-state index contributed by atoms with van der Waals surface area (Å²) in [5.74, 6) is 1.92. The summed E-state index contributed by atoms with van der Waals surface area (Å²) in [4.78, 5) is 36.2. The van der Waals surface area contributed by atoms with Crippen molar-refractivity contribution in [3.8, 4) is 11.6 Å². The van der Waals surface area contributed by atoms with E-state index in [1.165, 1.54) is 0 Å². The highest BCUT2D eigenvalue weighted by atomic mass is 16.1. The monoisotopic (exact) mass is 323 g/mol. The quantitative estimate of drug-likeness (QED) is 0.596. The number of imidazole rings is 2. The highest BCUT2D eigenvalue weighted by Crippen LogP contribution is 2.20. The Morgan fingerprint density at radius 2 is 2.08 bits per heavy atom. The zero-order valence-corrected chi connectivity index (χ0v) is 13.5. The summed E-state index contributed by atoms with van der Waals surface area (Å²) >= 11 is 0. The van der Waals surface area contributed by atoms with Gasteiger partial charge in [-0.15, -0.1) is 0 Å². The van der Waals surface area contributed by atoms with Crippen LogP contribution in [-0.2, 0) is 12.8 Å². The maximum atomic E-state index is 12.4. The number of hydrogen-bond acceptors (Lipinski definition) is 5. The molecule has 8 nitrogen and oxygen atoms in total. The van der Waals surface area contributed by atoms with Crippen LogP contribution in [0.2, 0.25) is 0 Å². The average molecular weight is 323 g/mol. The summed E-state index contributed by atoms with van der Waals surface area (Å²) < 4.78 is 1.82. The zero-order chi connectivity index (χ0) is 16.7. The molecule has 4 heterocycles. The van der Waals surface area contributed by atoms with Crippen LogP contribution < -0.4 is 5.56 Å². The van der Waals surface area contributed by atoms with E-state index in [4.69, 9.17) is 0 Å². The number of nitrogens with zero attached hydrogens (tertiary/aromatic N) is 5. The second kappa shape index (κ2) is 5.55. The van der Waals surface area contributed by atoms with E-state index in [0.717, 1.165) is 24.4 Å². The first-order valence-corrected chi connectivity index (χ1v) is 8.01. The summed E-state index contributed by atoms with van der Waals surface area (Å²) in [6, 6.07) is 0. The third-order valence-corrected chi connectivity index (χ3v) is 4.00. The largest absolute Gasteiger partial charge is 0.342 e. The van der Waals surface area contributed by atoms with Gasteiger partial charge in [-0.2, -0.15) is 0 Å². The fourth-order valence-corrected chi connectivity index (χ4v) is 2.91. The third-order valence-electron chi connectivity index (χ3n) is 4.00. The molecule has 4 aromatic heterocycles. The number of nitrogens with one attached hydrogen (secondary N) is 2. The van der Waals surface area contributed by atoms with E-state index in [1.54, 1.807) is 18.6 Å². The number of aryl methyl sites for hydroxylation is 2. The van der Waals surface area contributed by atoms with Gasteiger partial charge in [0.15, 0.2) is 17.3 Å². The number of H-pyrrole nitrogens is 2. The van der Waals surface area contributed by atoms with E-state index < -0.39 is 0 Å². The number of rotatable bonds is 4. The van der Waals surface area contributed by atoms with E-state index in [-0.39, 0.29) is 5.56 Å². The van der Waals surface area contributed by atoms with Gasteiger partial charge in [-0.3, -0.25) is 9.20 Å². The third kappa shape index (κ3) is 2.10. The maximum Gasteiger partial charge on any atom is 0.274 e. The van der Waals surface area contributed by atoms with Gasteiger partial charge in [0, 0.05) is 18.8 Å². The molecule has 0 amide bonds. The first-order chi connectivity index (χ1) is 11.7. The first-order valence-electron chi connectivity index (χ1n) is 8.01. The van der Waals surface area contributed by atoms with Crippen molar-refractivity contribution in [1.29, 1.82) is 0 Å². The van der Waals surface area contributed by atoms with Crippen LogP contribution in [0.1, 0.15) is 31.8 Å². The molecule has 4 rings (SSSR count). The molecular formula is C16H17N7O. The van der Waals surface area contributed by atoms with Crippen LogP contribution in [0.15, 0.2) is 23.4 Å². The Bertz CT molecular complexity index is 1080. The molecule has 0 aliphatic carbocycles. The Morgan fingerprint density at radius 3 is 2.79 bits per heavy atom. The summed E-state index contributed by atoms with van der Waals surface area (Å²) in [5.41, 5.74) is 2.44. The van der Waals surface area contributed by atoms with Gasteiger partial charge in [0.2, 0.25) is 0 Å². The van der Waals surface area contributed by atoms with Crippen molar-refractivity contribution in [1.82, 2.24) is 34.3 Å². The average Bonchev–Trinajstić information content (AvgIpc) is 3.25. The minimum Gasteiger partial charge on any atom is -0.342 e. The van der Waals surface area contributed by atoms with Gasteiger partial charge in [0.25, 0.3) is 5.56 Å². The van der Waals surface area contributed by atoms with Crippen LogP contribution in [0.5, 0.6) is 0 Å². The predicted octanol–water partition coefficient (Wildman–Crippen LogP) is 1.87. The Balaban J connectivity index is 2.16. The van der Waals surface area contributed by atoms with Crippen molar-refractivity contribution in [3.63, 3.8) is 0 Å². The molecule has 0 saturated heterocycles. The summed E-state index contributed by atoms with van der Waals surface area (Å²) in [5, 5.41) is 0. The number of aromatic nitrogens is 7. The number of hydrogen-bond donors (Lipinski definition) is 2. The van der Waals surface area contributed by atoms with Gasteiger partial charge in [-0.1, -0.05) is 20.3 Å². The molecule has 0 spiro atoms. The first kappa shape index (κ1) is 14.6. The lowest BCUT2D eigenvalue weighted by Crippen LogP contribution is -2.15. The molecule has 0 unspecified atom stereocenters. The van der Waals surface area contributed by atoms with Gasteiger partial charge < -0.3 is 9.97 Å². The second-order valence-corrected chi connectivity index (χ2v) is 5.58. The van der Waals surface area contributed by atoms with Crippen molar-refractivity contribution in [2.24, 2.45) is 0 Å². The van der Waals surface area contributed by atoms with Crippen molar-refractivity contribution in [2.75, 3.05) is 0 Å². The van der Waals surface area contributed by atoms with Crippen LogP contribution >= 0.6 is 0 Å². The lowest BCUT2D eigenvalue weighted by molar-refractivity contribution is 0.872. The molecule has 8 heteroatoms. The standard InChI is InChI=1S/C16H17N7O/c1-3-5-9-12-15(22-14(20-9)13-17-6-7-18-13)23-10(16(24)21-12)8-19-11(23)4-2/h6-8H,3-5H2,1-2H3,(H,17,18)(H,21,24). The number of fused-ring (bicyclic) bond motifs is 3. The van der Waals surface area contributed by atoms with E-state index in [0.29, 0.717) is 34.8 Å². The van der Waals surface area contributed by atoms with Gasteiger partial charge in [0.05, 0.1) is 11.9 Å². The Kier molecular flexibility index (Phi) is 3.37. The smallest absolute Gasteiger partial charge is 0.274 e. The van der Waals surface area contributed by atoms with Crippen LogP contribution in [0.4, 0.5) is 0 Å². The fourth-order valence-electron chi connectivity index (χ4n) is 2.91. The highest BCUT2D eigenvalue weighted by molar-refractivity contribution is 5.78. The normalized spacial score (nSPS) is 11.6. The van der Waals surface area contributed by atoms with Crippen molar-refractivity contribution >= 4 is 16.7 Å². The molecule has 0 atom stereocenters. The van der Waals surface area contributed by atoms with Crippen LogP contribution in [0.3, 0.4) is 0 Å². The fraction of sp³-hybridized carbons (Fsp3) is 0.312. The SMILES string of the molecule is CCCc1nc(-c2ncc[nH]2)nc2c1[nH]c(=O)c1cnc(CC)n12. The molecule has 0 fully saturated rings. The van der Waals surface area contributed by atoms with Crippen LogP contribution in [-0.4, -0.2) is 34.3 Å². The maximum absolute atomic E-state index is 12.4. The molecule has 0 saturated carbocycles. The molecule has 122 valence electrons. The predicted molar refractivity (Wildman–Crippen MR) is 89.9 cm³/mol. The second-order valence-electron chi connectivity index (χ2n) is 5.58. The summed E-state index contributed by atoms with van der Waals surface area (Å²) in [6.45, 7) is 4.08. The molecule has 0 aliphatic heterocycles. The molecule has 24 heavy (non-hydrogen) atoms. The van der Waals surface area contributed by atoms with E-state index >= 15 is 0 Å².